The van der Waals surface area contributed by atoms with E-state index in [-0.39, 0.29) is 29.8 Å². The summed E-state index contributed by atoms with van der Waals surface area (Å²) in [7, 11) is 0. The molecule has 2 heterocycles. The number of hydrogen-bond donors (Lipinski definition) is 1. The Labute approximate surface area is 147 Å². The van der Waals surface area contributed by atoms with Crippen molar-refractivity contribution in [3.05, 3.63) is 47.3 Å². The van der Waals surface area contributed by atoms with Gasteiger partial charge in [0.25, 0.3) is 5.91 Å². The molecular weight excluding hydrogens is 349 g/mol. The first-order valence-corrected chi connectivity index (χ1v) is 8.01. The van der Waals surface area contributed by atoms with E-state index in [1.165, 1.54) is 10.9 Å². The summed E-state index contributed by atoms with van der Waals surface area (Å²) in [6.45, 7) is 1.33. The highest BCUT2D eigenvalue weighted by Gasteiger charge is 2.34. The lowest BCUT2D eigenvalue weighted by Gasteiger charge is -2.34. The fourth-order valence-corrected chi connectivity index (χ4v) is 3.00. The Hall–Kier alpha value is -2.68. The number of carbonyl (C=O) groups is 2. The summed E-state index contributed by atoms with van der Waals surface area (Å²) in [5.74, 6) is -0.328. The molecule has 0 saturated heterocycles. The van der Waals surface area contributed by atoms with Crippen molar-refractivity contribution in [2.24, 2.45) is 0 Å². The van der Waals surface area contributed by atoms with E-state index < -0.39 is 12.7 Å². The maximum absolute atomic E-state index is 12.8. The molecule has 0 bridgehead atoms. The molecule has 0 unspecified atom stereocenters. The molecule has 0 saturated carbocycles. The number of carbonyl (C=O) groups excluding carboxylic acids is 2. The molecule has 0 spiro atoms. The fraction of sp³-hybridized carbons (Fsp3) is 0.353. The minimum atomic E-state index is -4.26. The SMILES string of the molecule is C[C@H]1Cn2ncc(C=O)c2C(=O)N1c1ccc(CNCC(F)(F)F)cc1. The largest absolute Gasteiger partial charge is 0.401 e. The number of alkyl halides is 3. The number of fused-ring (bicyclic) bond motifs is 1. The van der Waals surface area contributed by atoms with Gasteiger partial charge in [0.15, 0.2) is 6.29 Å². The minimum Gasteiger partial charge on any atom is -0.305 e. The summed E-state index contributed by atoms with van der Waals surface area (Å²) in [5, 5.41) is 6.39. The van der Waals surface area contributed by atoms with Gasteiger partial charge in [0.2, 0.25) is 0 Å². The molecule has 1 N–H and O–H groups in total. The molecule has 2 aromatic rings. The van der Waals surface area contributed by atoms with E-state index in [1.807, 2.05) is 6.92 Å². The van der Waals surface area contributed by atoms with E-state index in [0.29, 0.717) is 24.1 Å². The minimum absolute atomic E-state index is 0.0748. The zero-order valence-electron chi connectivity index (χ0n) is 14.0. The third kappa shape index (κ3) is 3.62. The second-order valence-corrected chi connectivity index (χ2v) is 6.16. The van der Waals surface area contributed by atoms with Gasteiger partial charge in [-0.2, -0.15) is 18.3 Å². The molecule has 1 atom stereocenters. The average Bonchev–Trinajstić information content (AvgIpc) is 2.98. The molecule has 1 aliphatic heterocycles. The number of nitrogens with zero attached hydrogens (tertiary/aromatic N) is 3. The summed E-state index contributed by atoms with van der Waals surface area (Å²) in [6.07, 6.45) is -2.29. The van der Waals surface area contributed by atoms with Crippen LogP contribution in [-0.2, 0) is 13.1 Å². The third-order valence-electron chi connectivity index (χ3n) is 4.16. The summed E-state index contributed by atoms with van der Waals surface area (Å²) < 4.78 is 38.0. The van der Waals surface area contributed by atoms with E-state index in [4.69, 9.17) is 0 Å². The summed E-state index contributed by atoms with van der Waals surface area (Å²) in [5.41, 5.74) is 1.77. The Morgan fingerprint density at radius 3 is 2.62 bits per heavy atom. The van der Waals surface area contributed by atoms with E-state index in [9.17, 15) is 22.8 Å². The maximum Gasteiger partial charge on any atom is 0.401 e. The summed E-state index contributed by atoms with van der Waals surface area (Å²) in [4.78, 5) is 25.5. The molecule has 1 aromatic carbocycles. The van der Waals surface area contributed by atoms with Crippen LogP contribution in [0.3, 0.4) is 0 Å². The first-order chi connectivity index (χ1) is 12.3. The summed E-state index contributed by atoms with van der Waals surface area (Å²) in [6, 6.07) is 6.54. The molecule has 1 aliphatic rings. The number of hydrogen-bond acceptors (Lipinski definition) is 4. The summed E-state index contributed by atoms with van der Waals surface area (Å²) >= 11 is 0. The van der Waals surface area contributed by atoms with Crippen LogP contribution in [0.4, 0.5) is 18.9 Å². The van der Waals surface area contributed by atoms with E-state index in [1.54, 1.807) is 29.2 Å². The number of amides is 1. The molecule has 0 fully saturated rings. The van der Waals surface area contributed by atoms with Crippen molar-refractivity contribution in [1.82, 2.24) is 15.1 Å². The van der Waals surface area contributed by atoms with E-state index in [0.717, 1.165) is 0 Å². The Balaban J connectivity index is 1.76. The predicted molar refractivity (Wildman–Crippen MR) is 88.1 cm³/mol. The zero-order chi connectivity index (χ0) is 18.9. The smallest absolute Gasteiger partial charge is 0.305 e. The monoisotopic (exact) mass is 366 g/mol. The zero-order valence-corrected chi connectivity index (χ0v) is 14.0. The number of halogens is 3. The number of aromatic nitrogens is 2. The van der Waals surface area contributed by atoms with Crippen molar-refractivity contribution < 1.29 is 22.8 Å². The molecule has 138 valence electrons. The van der Waals surface area contributed by atoms with Gasteiger partial charge in [-0.25, -0.2) is 0 Å². The van der Waals surface area contributed by atoms with Gasteiger partial charge < -0.3 is 10.2 Å². The second-order valence-electron chi connectivity index (χ2n) is 6.16. The molecule has 3 rings (SSSR count). The van der Waals surface area contributed by atoms with Crippen molar-refractivity contribution in [3.63, 3.8) is 0 Å². The van der Waals surface area contributed by atoms with Crippen LogP contribution in [0, 0.1) is 0 Å². The fourth-order valence-electron chi connectivity index (χ4n) is 3.00. The van der Waals surface area contributed by atoms with E-state index >= 15 is 0 Å². The van der Waals surface area contributed by atoms with Crippen molar-refractivity contribution in [3.8, 4) is 0 Å². The lowest BCUT2D eigenvalue weighted by atomic mass is 10.1. The molecule has 9 heteroatoms. The van der Waals surface area contributed by atoms with Crippen molar-refractivity contribution in [2.45, 2.75) is 32.2 Å². The van der Waals surface area contributed by atoms with Gasteiger partial charge in [0.05, 0.1) is 30.9 Å². The Bertz CT molecular complexity index is 814. The van der Waals surface area contributed by atoms with Crippen LogP contribution in [0.1, 0.15) is 33.3 Å². The average molecular weight is 366 g/mol. The second kappa shape index (κ2) is 6.91. The first-order valence-electron chi connectivity index (χ1n) is 8.01. The number of anilines is 1. The van der Waals surface area contributed by atoms with Crippen LogP contribution in [-0.4, -0.2) is 40.7 Å². The molecule has 6 nitrogen and oxygen atoms in total. The van der Waals surface area contributed by atoms with E-state index in [2.05, 4.69) is 10.4 Å². The van der Waals surface area contributed by atoms with Crippen LogP contribution in [0.25, 0.3) is 0 Å². The van der Waals surface area contributed by atoms with Gasteiger partial charge in [-0.15, -0.1) is 0 Å². The van der Waals surface area contributed by atoms with Crippen LogP contribution < -0.4 is 10.2 Å². The first kappa shape index (κ1) is 18.1. The molecule has 0 aliphatic carbocycles. The molecule has 26 heavy (non-hydrogen) atoms. The highest BCUT2D eigenvalue weighted by molar-refractivity contribution is 6.10. The Morgan fingerprint density at radius 1 is 1.31 bits per heavy atom. The number of nitrogens with one attached hydrogen (secondary N) is 1. The highest BCUT2D eigenvalue weighted by atomic mass is 19.4. The molecule has 0 radical (unpaired) electrons. The van der Waals surface area contributed by atoms with Crippen LogP contribution in [0.15, 0.2) is 30.5 Å². The van der Waals surface area contributed by atoms with Crippen molar-refractivity contribution in [2.75, 3.05) is 11.4 Å². The van der Waals surface area contributed by atoms with Gasteiger partial charge >= 0.3 is 6.18 Å². The molecule has 1 aromatic heterocycles. The number of rotatable bonds is 5. The standard InChI is InChI=1S/C17H17F3N4O2/c1-11-8-23-15(13(9-25)7-22-23)16(26)24(11)14-4-2-12(3-5-14)6-21-10-17(18,19)20/h2-5,7,9,11,21H,6,8,10H2,1H3/t11-/m0/s1. The van der Waals surface area contributed by atoms with Crippen molar-refractivity contribution >= 4 is 17.9 Å². The van der Waals surface area contributed by atoms with Gasteiger partial charge in [0, 0.05) is 12.2 Å². The lowest BCUT2D eigenvalue weighted by Crippen LogP contribution is -2.47. The highest BCUT2D eigenvalue weighted by Crippen LogP contribution is 2.26. The maximum atomic E-state index is 12.8. The van der Waals surface area contributed by atoms with Gasteiger partial charge in [-0.1, -0.05) is 12.1 Å². The Kier molecular flexibility index (Phi) is 4.82. The quantitative estimate of drug-likeness (QED) is 0.826. The number of aldehydes is 1. The van der Waals surface area contributed by atoms with Gasteiger partial charge in [0.1, 0.15) is 5.69 Å². The predicted octanol–water partition coefficient (Wildman–Crippen LogP) is 2.40. The topological polar surface area (TPSA) is 67.2 Å². The van der Waals surface area contributed by atoms with Crippen molar-refractivity contribution in [1.29, 1.82) is 0 Å². The molecule has 1 amide bonds. The lowest BCUT2D eigenvalue weighted by molar-refractivity contribution is -0.125. The van der Waals surface area contributed by atoms with Crippen LogP contribution in [0.2, 0.25) is 0 Å². The number of benzene rings is 1. The third-order valence-corrected chi connectivity index (χ3v) is 4.16. The molecular formula is C17H17F3N4O2. The Morgan fingerprint density at radius 2 is 2.00 bits per heavy atom. The van der Waals surface area contributed by atoms with Crippen LogP contribution in [0.5, 0.6) is 0 Å². The van der Waals surface area contributed by atoms with Gasteiger partial charge in [-0.3, -0.25) is 14.3 Å². The van der Waals surface area contributed by atoms with Crippen LogP contribution >= 0.6 is 0 Å². The normalized spacial score (nSPS) is 17.3. The van der Waals surface area contributed by atoms with Gasteiger partial charge in [-0.05, 0) is 24.6 Å².